The number of fused-ring (bicyclic) bond motifs is 7. The molecule has 10 rings (SSSR count). The van der Waals surface area contributed by atoms with Crippen LogP contribution in [0.25, 0.3) is 88.4 Å². The fraction of sp³-hybridized carbons (Fsp3) is 0. The first kappa shape index (κ1) is 28.4. The quantitative estimate of drug-likeness (QED) is 0.178. The summed E-state index contributed by atoms with van der Waals surface area (Å²) in [7, 11) is 0. The van der Waals surface area contributed by atoms with Crippen molar-refractivity contribution in [3.8, 4) is 44.8 Å². The van der Waals surface area contributed by atoms with E-state index in [9.17, 15) is 0 Å². The minimum atomic E-state index is 1.15. The first-order chi connectivity index (χ1) is 24.8. The van der Waals surface area contributed by atoms with E-state index in [0.29, 0.717) is 0 Å². The molecule has 8 aromatic carbocycles. The minimum Gasteiger partial charge on any atom is -0.309 e. The van der Waals surface area contributed by atoms with Crippen LogP contribution >= 0.6 is 0 Å². The molecule has 0 radical (unpaired) electrons. The minimum absolute atomic E-state index is 1.15. The molecule has 0 aliphatic rings. The van der Waals surface area contributed by atoms with Gasteiger partial charge in [-0.25, -0.2) is 0 Å². The molecule has 0 amide bonds. The third-order valence-corrected chi connectivity index (χ3v) is 10.2. The Labute approximate surface area is 290 Å². The van der Waals surface area contributed by atoms with Gasteiger partial charge in [-0.1, -0.05) is 158 Å². The van der Waals surface area contributed by atoms with Gasteiger partial charge in [-0.2, -0.15) is 0 Å². The summed E-state index contributed by atoms with van der Waals surface area (Å²) in [5.74, 6) is 0. The maximum absolute atomic E-state index is 2.50. The third-order valence-electron chi connectivity index (χ3n) is 10.2. The van der Waals surface area contributed by atoms with Gasteiger partial charge in [-0.3, -0.25) is 0 Å². The fourth-order valence-corrected chi connectivity index (χ4v) is 7.86. The molecule has 0 aliphatic carbocycles. The van der Waals surface area contributed by atoms with Crippen LogP contribution in [0.4, 0.5) is 0 Å². The normalized spacial score (nSPS) is 11.6. The molecule has 0 spiro atoms. The van der Waals surface area contributed by atoms with Crippen molar-refractivity contribution in [1.82, 2.24) is 9.13 Å². The highest BCUT2D eigenvalue weighted by Crippen LogP contribution is 2.43. The Kier molecular flexibility index (Phi) is 6.53. The monoisotopic (exact) mass is 636 g/mol. The Morgan fingerprint density at radius 2 is 0.780 bits per heavy atom. The van der Waals surface area contributed by atoms with Crippen LogP contribution in [0.15, 0.2) is 194 Å². The summed E-state index contributed by atoms with van der Waals surface area (Å²) in [6, 6.07) is 70.3. The van der Waals surface area contributed by atoms with Crippen LogP contribution in [-0.2, 0) is 0 Å². The summed E-state index contributed by atoms with van der Waals surface area (Å²) in [6.45, 7) is 0. The molecule has 50 heavy (non-hydrogen) atoms. The van der Waals surface area contributed by atoms with E-state index < -0.39 is 0 Å². The van der Waals surface area contributed by atoms with Gasteiger partial charge in [0.05, 0.1) is 27.8 Å². The van der Waals surface area contributed by atoms with Gasteiger partial charge in [-0.05, 0) is 64.2 Å². The van der Waals surface area contributed by atoms with Crippen LogP contribution in [0.3, 0.4) is 0 Å². The van der Waals surface area contributed by atoms with Gasteiger partial charge in [0.15, 0.2) is 0 Å². The third kappa shape index (κ3) is 4.43. The largest absolute Gasteiger partial charge is 0.309 e. The van der Waals surface area contributed by atoms with Crippen LogP contribution in [0.2, 0.25) is 0 Å². The number of aromatic nitrogens is 2. The molecular weight excluding hydrogens is 605 g/mol. The predicted molar refractivity (Wildman–Crippen MR) is 211 cm³/mol. The predicted octanol–water partition coefficient (Wildman–Crippen LogP) is 12.9. The van der Waals surface area contributed by atoms with E-state index in [1.807, 2.05) is 0 Å². The van der Waals surface area contributed by atoms with E-state index in [0.717, 1.165) is 5.69 Å². The molecular formula is C48H32N2. The SMILES string of the molecule is c1ccc(-c2ccc(-c3ccccc3-n3c4ccccc4c4ccc5c(c6ccccc6n5-c5ccc(-c6ccccc6)cc5)c43)cc2)cc1. The van der Waals surface area contributed by atoms with Crippen molar-refractivity contribution in [3.63, 3.8) is 0 Å². The van der Waals surface area contributed by atoms with Gasteiger partial charge < -0.3 is 9.13 Å². The highest BCUT2D eigenvalue weighted by atomic mass is 15.0. The highest BCUT2D eigenvalue weighted by molar-refractivity contribution is 6.26. The van der Waals surface area contributed by atoms with E-state index in [-0.39, 0.29) is 0 Å². The zero-order valence-electron chi connectivity index (χ0n) is 27.4. The Bertz CT molecular complexity index is 2820. The summed E-state index contributed by atoms with van der Waals surface area (Å²) in [4.78, 5) is 0. The number of nitrogens with zero attached hydrogens (tertiary/aromatic N) is 2. The summed E-state index contributed by atoms with van der Waals surface area (Å²) in [6.07, 6.45) is 0. The topological polar surface area (TPSA) is 9.86 Å². The molecule has 2 heterocycles. The molecule has 2 aromatic heterocycles. The molecule has 0 saturated heterocycles. The average Bonchev–Trinajstić information content (AvgIpc) is 3.72. The van der Waals surface area contributed by atoms with Crippen molar-refractivity contribution in [3.05, 3.63) is 194 Å². The van der Waals surface area contributed by atoms with E-state index in [4.69, 9.17) is 0 Å². The van der Waals surface area contributed by atoms with Crippen LogP contribution in [0.5, 0.6) is 0 Å². The molecule has 0 bridgehead atoms. The first-order valence-corrected chi connectivity index (χ1v) is 17.2. The van der Waals surface area contributed by atoms with E-state index in [1.165, 1.54) is 82.7 Å². The number of hydrogen-bond acceptors (Lipinski definition) is 0. The summed E-state index contributed by atoms with van der Waals surface area (Å²) in [5, 5.41) is 5.01. The van der Waals surface area contributed by atoms with Gasteiger partial charge in [-0.15, -0.1) is 0 Å². The number of hydrogen-bond donors (Lipinski definition) is 0. The summed E-state index contributed by atoms with van der Waals surface area (Å²) in [5.41, 5.74) is 14.4. The van der Waals surface area contributed by atoms with Gasteiger partial charge >= 0.3 is 0 Å². The molecule has 234 valence electrons. The van der Waals surface area contributed by atoms with Crippen molar-refractivity contribution < 1.29 is 0 Å². The Balaban J connectivity index is 1.23. The van der Waals surface area contributed by atoms with Gasteiger partial charge in [0.1, 0.15) is 0 Å². The number of rotatable bonds is 5. The lowest BCUT2D eigenvalue weighted by atomic mass is 9.99. The molecule has 0 aliphatic heterocycles. The van der Waals surface area contributed by atoms with Crippen LogP contribution < -0.4 is 0 Å². The highest BCUT2D eigenvalue weighted by Gasteiger charge is 2.22. The maximum Gasteiger partial charge on any atom is 0.0641 e. The standard InChI is InChI=1S/C48H32N2/c1-3-13-33(14-4-1)35-23-25-37(26-24-35)39-17-7-10-20-43(39)50-44-21-11-8-18-40(44)41-31-32-46-47(48(41)50)42-19-9-12-22-45(42)49(46)38-29-27-36(28-30-38)34-15-5-2-6-16-34/h1-32H. The number of benzene rings is 8. The van der Waals surface area contributed by atoms with Crippen molar-refractivity contribution in [2.45, 2.75) is 0 Å². The summed E-state index contributed by atoms with van der Waals surface area (Å²) < 4.78 is 4.93. The van der Waals surface area contributed by atoms with Crippen LogP contribution in [0, 0.1) is 0 Å². The molecule has 0 N–H and O–H groups in total. The smallest absolute Gasteiger partial charge is 0.0641 e. The molecule has 2 heteroatoms. The summed E-state index contributed by atoms with van der Waals surface area (Å²) >= 11 is 0. The Morgan fingerprint density at radius 1 is 0.280 bits per heavy atom. The fourth-order valence-electron chi connectivity index (χ4n) is 7.86. The van der Waals surface area contributed by atoms with E-state index >= 15 is 0 Å². The zero-order valence-corrected chi connectivity index (χ0v) is 27.4. The Morgan fingerprint density at radius 3 is 1.46 bits per heavy atom. The second kappa shape index (κ2) is 11.5. The van der Waals surface area contributed by atoms with Crippen LogP contribution in [0.1, 0.15) is 0 Å². The molecule has 0 unspecified atom stereocenters. The molecule has 0 fully saturated rings. The molecule has 0 saturated carbocycles. The number of para-hydroxylation sites is 3. The molecule has 0 atom stereocenters. The lowest BCUT2D eigenvalue weighted by molar-refractivity contribution is 1.17. The molecule has 2 nitrogen and oxygen atoms in total. The lowest BCUT2D eigenvalue weighted by Crippen LogP contribution is -1.98. The second-order valence-corrected chi connectivity index (χ2v) is 12.9. The zero-order chi connectivity index (χ0) is 33.0. The van der Waals surface area contributed by atoms with Crippen molar-refractivity contribution in [1.29, 1.82) is 0 Å². The second-order valence-electron chi connectivity index (χ2n) is 12.9. The van der Waals surface area contributed by atoms with Gasteiger partial charge in [0, 0.05) is 32.8 Å². The van der Waals surface area contributed by atoms with E-state index in [1.54, 1.807) is 0 Å². The van der Waals surface area contributed by atoms with Gasteiger partial charge in [0.25, 0.3) is 0 Å². The first-order valence-electron chi connectivity index (χ1n) is 17.2. The van der Waals surface area contributed by atoms with Crippen molar-refractivity contribution in [2.75, 3.05) is 0 Å². The lowest BCUT2D eigenvalue weighted by Gasteiger charge is -2.15. The Hall–Kier alpha value is -6.64. The van der Waals surface area contributed by atoms with Crippen molar-refractivity contribution in [2.24, 2.45) is 0 Å². The van der Waals surface area contributed by atoms with Crippen LogP contribution in [-0.4, -0.2) is 9.13 Å². The van der Waals surface area contributed by atoms with Gasteiger partial charge in [0.2, 0.25) is 0 Å². The molecule has 10 aromatic rings. The maximum atomic E-state index is 2.50. The average molecular weight is 637 g/mol. The van der Waals surface area contributed by atoms with E-state index in [2.05, 4.69) is 203 Å². The van der Waals surface area contributed by atoms with Crippen molar-refractivity contribution >= 4 is 43.6 Å².